The Balaban J connectivity index is 1.73. The van der Waals surface area contributed by atoms with Gasteiger partial charge in [0.15, 0.2) is 5.82 Å². The van der Waals surface area contributed by atoms with E-state index >= 15 is 0 Å². The Labute approximate surface area is 152 Å². The average Bonchev–Trinajstić information content (AvgIpc) is 3.07. The van der Waals surface area contributed by atoms with Crippen molar-refractivity contribution in [2.45, 2.75) is 26.8 Å². The van der Waals surface area contributed by atoms with Gasteiger partial charge in [-0.25, -0.2) is 4.98 Å². The number of nitrogens with one attached hydrogen (secondary N) is 1. The van der Waals surface area contributed by atoms with Crippen molar-refractivity contribution in [1.29, 1.82) is 0 Å². The molecule has 5 heteroatoms. The monoisotopic (exact) mass is 343 g/mol. The molecule has 0 aliphatic carbocycles. The molecule has 0 spiro atoms. The van der Waals surface area contributed by atoms with E-state index in [2.05, 4.69) is 58.5 Å². The van der Waals surface area contributed by atoms with Crippen LogP contribution in [-0.4, -0.2) is 19.6 Å². The molecule has 0 amide bonds. The molecule has 130 valence electrons. The minimum atomic E-state index is 0.147. The molecule has 2 aromatic heterocycles. The third-order valence-electron chi connectivity index (χ3n) is 4.41. The molecule has 1 atom stereocenters. The highest BCUT2D eigenvalue weighted by atomic mass is 15.4. The fourth-order valence-electron chi connectivity index (χ4n) is 2.96. The largest absolute Gasteiger partial charge is 0.363 e. The first-order chi connectivity index (χ1) is 12.6. The van der Waals surface area contributed by atoms with Gasteiger partial charge in [0.1, 0.15) is 5.82 Å². The van der Waals surface area contributed by atoms with Crippen molar-refractivity contribution in [3.05, 3.63) is 77.5 Å². The molecular formula is C21H21N5. The van der Waals surface area contributed by atoms with Crippen LogP contribution in [0.25, 0.3) is 17.2 Å². The molecule has 5 nitrogen and oxygen atoms in total. The fraction of sp³-hybridized carbons (Fsp3) is 0.190. The van der Waals surface area contributed by atoms with Gasteiger partial charge >= 0.3 is 0 Å². The first-order valence-electron chi connectivity index (χ1n) is 8.73. The third kappa shape index (κ3) is 3.16. The summed E-state index contributed by atoms with van der Waals surface area (Å²) < 4.78 is 1.78. The normalized spacial score (nSPS) is 12.3. The van der Waals surface area contributed by atoms with Crippen LogP contribution in [0.2, 0.25) is 0 Å². The average molecular weight is 343 g/mol. The molecule has 0 fully saturated rings. The van der Waals surface area contributed by atoms with Crippen LogP contribution in [0.5, 0.6) is 0 Å². The summed E-state index contributed by atoms with van der Waals surface area (Å²) in [5.74, 6) is 2.16. The number of fused-ring (bicyclic) bond motifs is 1. The number of benzene rings is 2. The Hall–Kier alpha value is -3.21. The van der Waals surface area contributed by atoms with E-state index < -0.39 is 0 Å². The first-order valence-corrected chi connectivity index (χ1v) is 8.73. The van der Waals surface area contributed by atoms with E-state index in [1.165, 1.54) is 11.1 Å². The summed E-state index contributed by atoms with van der Waals surface area (Å²) in [6.07, 6.45) is 0. The Kier molecular flexibility index (Phi) is 4.13. The van der Waals surface area contributed by atoms with Gasteiger partial charge in [0.05, 0.1) is 0 Å². The molecule has 1 N–H and O–H groups in total. The van der Waals surface area contributed by atoms with Gasteiger partial charge in [0.25, 0.3) is 5.78 Å². The first kappa shape index (κ1) is 16.3. The Morgan fingerprint density at radius 1 is 0.923 bits per heavy atom. The van der Waals surface area contributed by atoms with Crippen molar-refractivity contribution in [1.82, 2.24) is 19.6 Å². The number of rotatable bonds is 4. The quantitative estimate of drug-likeness (QED) is 0.589. The Morgan fingerprint density at radius 2 is 1.65 bits per heavy atom. The van der Waals surface area contributed by atoms with Crippen LogP contribution in [-0.2, 0) is 0 Å². The van der Waals surface area contributed by atoms with Gasteiger partial charge < -0.3 is 5.32 Å². The predicted octanol–water partition coefficient (Wildman–Crippen LogP) is 4.58. The number of hydrogen-bond donors (Lipinski definition) is 1. The lowest BCUT2D eigenvalue weighted by Crippen LogP contribution is -2.11. The maximum atomic E-state index is 4.68. The molecular weight excluding hydrogens is 322 g/mol. The van der Waals surface area contributed by atoms with Gasteiger partial charge in [-0.05, 0) is 26.3 Å². The number of hydrogen-bond acceptors (Lipinski definition) is 4. The summed E-state index contributed by atoms with van der Waals surface area (Å²) in [5, 5.41) is 8.22. The summed E-state index contributed by atoms with van der Waals surface area (Å²) in [6, 6.07) is 20.7. The number of anilines is 1. The van der Waals surface area contributed by atoms with Crippen molar-refractivity contribution in [2.24, 2.45) is 0 Å². The lowest BCUT2D eigenvalue weighted by molar-refractivity contribution is 0.838. The van der Waals surface area contributed by atoms with Crippen molar-refractivity contribution in [2.75, 3.05) is 5.32 Å². The van der Waals surface area contributed by atoms with Crippen LogP contribution in [0.4, 0.5) is 5.82 Å². The van der Waals surface area contributed by atoms with E-state index in [0.717, 1.165) is 17.1 Å². The molecule has 1 unspecified atom stereocenters. The zero-order chi connectivity index (χ0) is 18.1. The number of aryl methyl sites for hydroxylation is 2. The molecule has 2 aromatic carbocycles. The second-order valence-corrected chi connectivity index (χ2v) is 6.57. The second-order valence-electron chi connectivity index (χ2n) is 6.57. The second kappa shape index (κ2) is 6.59. The van der Waals surface area contributed by atoms with Gasteiger partial charge in [-0.3, -0.25) is 0 Å². The molecule has 0 bridgehead atoms. The van der Waals surface area contributed by atoms with Crippen molar-refractivity contribution in [3.8, 4) is 11.4 Å². The number of aromatic nitrogens is 4. The van der Waals surface area contributed by atoms with E-state index in [9.17, 15) is 0 Å². The lowest BCUT2D eigenvalue weighted by Gasteiger charge is -2.16. The van der Waals surface area contributed by atoms with Crippen LogP contribution in [0, 0.1) is 13.8 Å². The van der Waals surface area contributed by atoms with Gasteiger partial charge in [-0.15, -0.1) is 5.10 Å². The highest BCUT2D eigenvalue weighted by molar-refractivity contribution is 5.59. The van der Waals surface area contributed by atoms with Crippen molar-refractivity contribution >= 4 is 11.6 Å². The molecule has 4 aromatic rings. The van der Waals surface area contributed by atoms with Crippen LogP contribution in [0.3, 0.4) is 0 Å². The van der Waals surface area contributed by atoms with Crippen LogP contribution in [0.15, 0.2) is 60.7 Å². The van der Waals surface area contributed by atoms with Gasteiger partial charge in [-0.2, -0.15) is 9.50 Å². The van der Waals surface area contributed by atoms with E-state index in [1.807, 2.05) is 43.3 Å². The van der Waals surface area contributed by atoms with Crippen LogP contribution >= 0.6 is 0 Å². The molecule has 0 aliphatic rings. The zero-order valence-corrected chi connectivity index (χ0v) is 15.1. The SMILES string of the molecule is Cc1ccc(-c2nc3nc(C)cc(NC(C)c4ccccc4)n3n2)cc1. The van der Waals surface area contributed by atoms with Gasteiger partial charge in [-0.1, -0.05) is 60.2 Å². The minimum absolute atomic E-state index is 0.147. The molecule has 4 rings (SSSR count). The van der Waals surface area contributed by atoms with Crippen molar-refractivity contribution in [3.63, 3.8) is 0 Å². The smallest absolute Gasteiger partial charge is 0.254 e. The summed E-state index contributed by atoms with van der Waals surface area (Å²) in [4.78, 5) is 9.14. The predicted molar refractivity (Wildman–Crippen MR) is 104 cm³/mol. The number of nitrogens with zero attached hydrogens (tertiary/aromatic N) is 4. The topological polar surface area (TPSA) is 55.1 Å². The molecule has 0 saturated heterocycles. The molecule has 2 heterocycles. The standard InChI is InChI=1S/C21H21N5/c1-14-9-11-18(12-10-14)20-24-21-22-15(2)13-19(26(21)25-20)23-16(3)17-7-5-4-6-8-17/h4-13,16,23H,1-3H3. The Morgan fingerprint density at radius 3 is 2.38 bits per heavy atom. The van der Waals surface area contributed by atoms with Crippen molar-refractivity contribution < 1.29 is 0 Å². The molecule has 26 heavy (non-hydrogen) atoms. The third-order valence-corrected chi connectivity index (χ3v) is 4.41. The van der Waals surface area contributed by atoms with E-state index in [0.29, 0.717) is 11.6 Å². The zero-order valence-electron chi connectivity index (χ0n) is 15.1. The summed E-state index contributed by atoms with van der Waals surface area (Å²) in [5.41, 5.74) is 4.32. The molecule has 0 aliphatic heterocycles. The lowest BCUT2D eigenvalue weighted by atomic mass is 10.1. The summed E-state index contributed by atoms with van der Waals surface area (Å²) >= 11 is 0. The molecule has 0 saturated carbocycles. The van der Waals surface area contributed by atoms with E-state index in [-0.39, 0.29) is 6.04 Å². The van der Waals surface area contributed by atoms with E-state index in [4.69, 9.17) is 0 Å². The van der Waals surface area contributed by atoms with Gasteiger partial charge in [0.2, 0.25) is 0 Å². The fourth-order valence-corrected chi connectivity index (χ4v) is 2.96. The van der Waals surface area contributed by atoms with E-state index in [1.54, 1.807) is 4.52 Å². The summed E-state index contributed by atoms with van der Waals surface area (Å²) in [7, 11) is 0. The minimum Gasteiger partial charge on any atom is -0.363 e. The van der Waals surface area contributed by atoms with Gasteiger partial charge in [0, 0.05) is 23.4 Å². The highest BCUT2D eigenvalue weighted by Gasteiger charge is 2.13. The van der Waals surface area contributed by atoms with Crippen LogP contribution in [0.1, 0.15) is 29.8 Å². The highest BCUT2D eigenvalue weighted by Crippen LogP contribution is 2.22. The maximum Gasteiger partial charge on any atom is 0.254 e. The van der Waals surface area contributed by atoms with Crippen LogP contribution < -0.4 is 5.32 Å². The Bertz CT molecular complexity index is 1040. The maximum absolute atomic E-state index is 4.68. The molecule has 0 radical (unpaired) electrons. The summed E-state index contributed by atoms with van der Waals surface area (Å²) in [6.45, 7) is 6.17.